The van der Waals surface area contributed by atoms with E-state index in [-0.39, 0.29) is 11.1 Å². The Bertz CT molecular complexity index is 1230. The number of rotatable bonds is 9. The summed E-state index contributed by atoms with van der Waals surface area (Å²) in [6.45, 7) is 3.87. The van der Waals surface area contributed by atoms with Crippen LogP contribution in [0.5, 0.6) is 17.5 Å². The highest BCUT2D eigenvalue weighted by atomic mass is 32.2. The Kier molecular flexibility index (Phi) is 8.47. The van der Waals surface area contributed by atoms with Crippen molar-refractivity contribution in [1.29, 1.82) is 0 Å². The van der Waals surface area contributed by atoms with Crippen LogP contribution in [0.25, 0.3) is 10.6 Å². The molecule has 0 amide bonds. The summed E-state index contributed by atoms with van der Waals surface area (Å²) in [4.78, 5) is 19.0. The molecule has 0 radical (unpaired) electrons. The quantitative estimate of drug-likeness (QED) is 0.353. The maximum Gasteiger partial charge on any atom is 0.259 e. The largest absolute Gasteiger partial charge is 0.478 e. The molecular formula is C25H33N7O3S2. The van der Waals surface area contributed by atoms with Crippen LogP contribution in [-0.4, -0.2) is 55.6 Å². The van der Waals surface area contributed by atoms with Gasteiger partial charge in [-0.05, 0) is 57.4 Å². The Balaban J connectivity index is 1.32. The molecule has 2 unspecified atom stereocenters. The highest BCUT2D eigenvalue weighted by molar-refractivity contribution is 7.87. The highest BCUT2D eigenvalue weighted by Gasteiger charge is 2.22. The minimum absolute atomic E-state index is 0.152. The Morgan fingerprint density at radius 3 is 2.70 bits per heavy atom. The molecule has 1 saturated carbocycles. The molecule has 1 saturated heterocycles. The SMILES string of the molecule is COc1nc(NS(=O)C2CCCCC2)ccc1Oc1nc(C)sc1-c1ccnc(NC2CCCNC2)n1. The third-order valence-corrected chi connectivity index (χ3v) is 8.97. The van der Waals surface area contributed by atoms with E-state index in [1.165, 1.54) is 24.9 Å². The van der Waals surface area contributed by atoms with E-state index in [2.05, 4.69) is 30.3 Å². The van der Waals surface area contributed by atoms with E-state index in [1.54, 1.807) is 18.3 Å². The molecule has 12 heteroatoms. The minimum atomic E-state index is -1.19. The number of pyridine rings is 1. The number of hydrogen-bond acceptors (Lipinski definition) is 10. The summed E-state index contributed by atoms with van der Waals surface area (Å²) in [5.74, 6) is 2.22. The molecule has 1 aliphatic carbocycles. The molecule has 2 aliphatic rings. The van der Waals surface area contributed by atoms with Crippen molar-refractivity contribution in [2.45, 2.75) is 63.2 Å². The molecule has 1 aliphatic heterocycles. The summed E-state index contributed by atoms with van der Waals surface area (Å²) in [5, 5.41) is 7.83. The van der Waals surface area contributed by atoms with Gasteiger partial charge in [-0.15, -0.1) is 11.3 Å². The van der Waals surface area contributed by atoms with Gasteiger partial charge in [0.15, 0.2) is 5.75 Å². The van der Waals surface area contributed by atoms with Gasteiger partial charge in [0.25, 0.3) is 5.88 Å². The van der Waals surface area contributed by atoms with Gasteiger partial charge in [0.05, 0.1) is 23.1 Å². The number of methoxy groups -OCH3 is 1. The molecule has 5 rings (SSSR count). The Morgan fingerprint density at radius 2 is 1.92 bits per heavy atom. The van der Waals surface area contributed by atoms with Crippen LogP contribution in [0.3, 0.4) is 0 Å². The van der Waals surface area contributed by atoms with E-state index in [0.717, 1.165) is 67.2 Å². The van der Waals surface area contributed by atoms with Crippen LogP contribution in [0.1, 0.15) is 50.0 Å². The number of nitrogens with zero attached hydrogens (tertiary/aromatic N) is 4. The van der Waals surface area contributed by atoms with Gasteiger partial charge in [-0.3, -0.25) is 4.72 Å². The van der Waals surface area contributed by atoms with E-state index in [1.807, 2.05) is 13.0 Å². The lowest BCUT2D eigenvalue weighted by Crippen LogP contribution is -2.38. The third kappa shape index (κ3) is 6.55. The van der Waals surface area contributed by atoms with Crippen LogP contribution in [0.4, 0.5) is 11.8 Å². The number of ether oxygens (including phenoxy) is 2. The number of hydrogen-bond donors (Lipinski definition) is 3. The minimum Gasteiger partial charge on any atom is -0.478 e. The van der Waals surface area contributed by atoms with Gasteiger partial charge in [0, 0.05) is 18.8 Å². The van der Waals surface area contributed by atoms with Crippen molar-refractivity contribution in [3.05, 3.63) is 29.4 Å². The van der Waals surface area contributed by atoms with Gasteiger partial charge < -0.3 is 20.1 Å². The molecule has 3 N–H and O–H groups in total. The van der Waals surface area contributed by atoms with Gasteiger partial charge in [0.2, 0.25) is 11.8 Å². The topological polar surface area (TPSA) is 123 Å². The van der Waals surface area contributed by atoms with Gasteiger partial charge in [0.1, 0.15) is 21.7 Å². The molecule has 2 fully saturated rings. The second-order valence-corrected chi connectivity index (χ2v) is 12.0. The number of aromatic nitrogens is 4. The fourth-order valence-electron chi connectivity index (χ4n) is 4.63. The average molecular weight is 544 g/mol. The second kappa shape index (κ2) is 12.1. The van der Waals surface area contributed by atoms with Crippen LogP contribution < -0.4 is 24.8 Å². The lowest BCUT2D eigenvalue weighted by molar-refractivity contribution is 0.361. The van der Waals surface area contributed by atoms with Crippen LogP contribution in [0.15, 0.2) is 24.4 Å². The summed E-state index contributed by atoms with van der Waals surface area (Å²) in [6, 6.07) is 5.67. The first-order chi connectivity index (χ1) is 18.1. The lowest BCUT2D eigenvalue weighted by Gasteiger charge is -2.23. The number of aryl methyl sites for hydroxylation is 1. The van der Waals surface area contributed by atoms with Crippen LogP contribution in [0.2, 0.25) is 0 Å². The van der Waals surface area contributed by atoms with Crippen molar-refractivity contribution in [1.82, 2.24) is 25.3 Å². The van der Waals surface area contributed by atoms with E-state index in [9.17, 15) is 4.21 Å². The first kappa shape index (κ1) is 25.8. The van der Waals surface area contributed by atoms with E-state index in [4.69, 9.17) is 14.5 Å². The van der Waals surface area contributed by atoms with Gasteiger partial charge in [-0.25, -0.2) is 19.2 Å². The highest BCUT2D eigenvalue weighted by Crippen LogP contribution is 2.39. The van der Waals surface area contributed by atoms with Crippen molar-refractivity contribution >= 4 is 34.1 Å². The van der Waals surface area contributed by atoms with Crippen LogP contribution >= 0.6 is 11.3 Å². The normalized spacial score (nSPS) is 19.2. The van der Waals surface area contributed by atoms with Crippen LogP contribution in [0, 0.1) is 6.92 Å². The smallest absolute Gasteiger partial charge is 0.259 e. The van der Waals surface area contributed by atoms with Crippen molar-refractivity contribution in [3.63, 3.8) is 0 Å². The van der Waals surface area contributed by atoms with Crippen molar-refractivity contribution in [2.75, 3.05) is 30.2 Å². The molecule has 37 heavy (non-hydrogen) atoms. The fourth-order valence-corrected chi connectivity index (χ4v) is 6.69. The third-order valence-electron chi connectivity index (χ3n) is 6.51. The zero-order valence-corrected chi connectivity index (χ0v) is 22.8. The van der Waals surface area contributed by atoms with Gasteiger partial charge >= 0.3 is 0 Å². The van der Waals surface area contributed by atoms with E-state index >= 15 is 0 Å². The first-order valence-electron chi connectivity index (χ1n) is 12.8. The summed E-state index contributed by atoms with van der Waals surface area (Å²) in [5.41, 5.74) is 0.731. The maximum atomic E-state index is 12.8. The summed E-state index contributed by atoms with van der Waals surface area (Å²) in [6.07, 6.45) is 9.37. The van der Waals surface area contributed by atoms with Gasteiger partial charge in [-0.1, -0.05) is 19.3 Å². The predicted octanol–water partition coefficient (Wildman–Crippen LogP) is 4.68. The number of thiazole rings is 1. The van der Waals surface area contributed by atoms with Crippen molar-refractivity contribution < 1.29 is 13.7 Å². The standard InChI is InChI=1S/C25H33N7O3S2/c1-16-28-24(22(36-16)19-12-14-27-25(30-19)29-17-7-6-13-26-15-17)35-20-10-11-21(31-23(20)34-2)32-37(33)18-8-4-3-5-9-18/h10-12,14,17-18,26H,3-9,13,15H2,1-2H3,(H,31,32)(H,27,29,30). The Morgan fingerprint density at radius 1 is 1.05 bits per heavy atom. The first-order valence-corrected chi connectivity index (χ1v) is 14.8. The number of nitrogens with one attached hydrogen (secondary N) is 3. The number of anilines is 2. The fraction of sp³-hybridized carbons (Fsp3) is 0.520. The Hall–Kier alpha value is -2.83. The molecule has 0 spiro atoms. The maximum absolute atomic E-state index is 12.8. The molecular weight excluding hydrogens is 510 g/mol. The molecule has 4 heterocycles. The zero-order valence-electron chi connectivity index (χ0n) is 21.2. The molecule has 3 aromatic rings. The zero-order chi connectivity index (χ0) is 25.6. The molecule has 10 nitrogen and oxygen atoms in total. The van der Waals surface area contributed by atoms with E-state index < -0.39 is 11.0 Å². The van der Waals surface area contributed by atoms with Gasteiger partial charge in [-0.2, -0.15) is 4.98 Å². The van der Waals surface area contributed by atoms with Crippen molar-refractivity contribution in [2.24, 2.45) is 0 Å². The lowest BCUT2D eigenvalue weighted by atomic mass is 10.0. The Labute approximate surface area is 223 Å². The average Bonchev–Trinajstić information content (AvgIpc) is 3.30. The molecule has 2 atom stereocenters. The molecule has 0 aromatic carbocycles. The predicted molar refractivity (Wildman–Crippen MR) is 147 cm³/mol. The number of piperidine rings is 1. The summed E-state index contributed by atoms with van der Waals surface area (Å²) < 4.78 is 27.5. The van der Waals surface area contributed by atoms with Crippen LogP contribution in [-0.2, 0) is 11.0 Å². The summed E-state index contributed by atoms with van der Waals surface area (Å²) in [7, 11) is 0.348. The molecule has 0 bridgehead atoms. The van der Waals surface area contributed by atoms with E-state index in [0.29, 0.717) is 29.4 Å². The summed E-state index contributed by atoms with van der Waals surface area (Å²) >= 11 is 1.50. The molecule has 3 aromatic heterocycles. The van der Waals surface area contributed by atoms with Crippen molar-refractivity contribution in [3.8, 4) is 28.1 Å². The second-order valence-electron chi connectivity index (χ2n) is 9.29. The monoisotopic (exact) mass is 543 g/mol. The molecule has 198 valence electrons.